The number of thiophene rings is 1. The fraction of sp³-hybridized carbons (Fsp3) is 0.357. The molecule has 104 valence electrons. The number of nitrogens with two attached hydrogens (primary N) is 1. The molecular weight excluding hydrogens is 272 g/mol. The molecule has 0 bridgehead atoms. The third-order valence-electron chi connectivity index (χ3n) is 3.12. The first kappa shape index (κ1) is 13.2. The average Bonchev–Trinajstić information content (AvgIpc) is 3.11. The number of fused-ring (bicyclic) bond motifs is 1. The number of nitrogens with zero attached hydrogens (tertiary/aromatic N) is 3. The lowest BCUT2D eigenvalue weighted by Gasteiger charge is -1.95. The van der Waals surface area contributed by atoms with Crippen molar-refractivity contribution in [2.75, 3.05) is 6.54 Å². The number of aryl methyl sites for hydroxylation is 1. The maximum atomic E-state index is 5.47. The third kappa shape index (κ3) is 2.86. The molecule has 3 aromatic heterocycles. The highest BCUT2D eigenvalue weighted by atomic mass is 32.1. The van der Waals surface area contributed by atoms with Gasteiger partial charge >= 0.3 is 0 Å². The number of unbranched alkanes of at least 4 members (excludes halogenated alkanes) is 2. The Bertz CT molecular complexity index is 691. The van der Waals surface area contributed by atoms with Crippen LogP contribution in [-0.4, -0.2) is 21.7 Å². The second-order valence-corrected chi connectivity index (χ2v) is 5.59. The first-order chi connectivity index (χ1) is 9.86. The Morgan fingerprint density at radius 3 is 3.10 bits per heavy atom. The van der Waals surface area contributed by atoms with E-state index in [1.165, 1.54) is 0 Å². The van der Waals surface area contributed by atoms with Crippen LogP contribution in [0, 0.1) is 0 Å². The predicted octanol–water partition coefficient (Wildman–Crippen LogP) is 3.02. The van der Waals surface area contributed by atoms with Gasteiger partial charge in [0, 0.05) is 18.2 Å². The Morgan fingerprint density at radius 1 is 1.25 bits per heavy atom. The summed E-state index contributed by atoms with van der Waals surface area (Å²) in [6.07, 6.45) is 5.76. The highest BCUT2D eigenvalue weighted by Crippen LogP contribution is 2.24. The van der Waals surface area contributed by atoms with Crippen LogP contribution in [0.3, 0.4) is 0 Å². The van der Waals surface area contributed by atoms with E-state index in [9.17, 15) is 0 Å². The molecule has 0 spiro atoms. The molecule has 0 aliphatic carbocycles. The molecule has 5 nitrogen and oxygen atoms in total. The summed E-state index contributed by atoms with van der Waals surface area (Å²) < 4.78 is 6.41. The summed E-state index contributed by atoms with van der Waals surface area (Å²) in [7, 11) is 0. The van der Waals surface area contributed by atoms with Crippen LogP contribution >= 0.6 is 11.3 Å². The van der Waals surface area contributed by atoms with E-state index in [0.717, 1.165) is 48.0 Å². The van der Waals surface area contributed by atoms with Gasteiger partial charge in [-0.1, -0.05) is 11.6 Å². The van der Waals surface area contributed by atoms with Crippen molar-refractivity contribution in [2.45, 2.75) is 25.7 Å². The summed E-state index contributed by atoms with van der Waals surface area (Å²) in [4.78, 5) is 8.81. The second-order valence-electron chi connectivity index (χ2n) is 4.64. The molecule has 0 fully saturated rings. The fourth-order valence-electron chi connectivity index (χ4n) is 2.04. The zero-order chi connectivity index (χ0) is 13.8. The zero-order valence-corrected chi connectivity index (χ0v) is 11.9. The van der Waals surface area contributed by atoms with Gasteiger partial charge in [-0.3, -0.25) is 4.98 Å². The van der Waals surface area contributed by atoms with Crippen LogP contribution in [0.4, 0.5) is 0 Å². The van der Waals surface area contributed by atoms with Crippen molar-refractivity contribution in [1.82, 2.24) is 15.1 Å². The van der Waals surface area contributed by atoms with Crippen molar-refractivity contribution >= 4 is 21.6 Å². The summed E-state index contributed by atoms with van der Waals surface area (Å²) in [5.41, 5.74) is 7.37. The number of hydrogen-bond donors (Lipinski definition) is 1. The van der Waals surface area contributed by atoms with E-state index in [0.29, 0.717) is 11.7 Å². The van der Waals surface area contributed by atoms with Crippen LogP contribution < -0.4 is 5.73 Å². The number of hydrogen-bond acceptors (Lipinski definition) is 6. The molecule has 0 atom stereocenters. The van der Waals surface area contributed by atoms with Gasteiger partial charge in [0.15, 0.2) is 0 Å². The molecule has 0 aliphatic rings. The molecule has 2 N–H and O–H groups in total. The lowest BCUT2D eigenvalue weighted by molar-refractivity contribution is 0.374. The van der Waals surface area contributed by atoms with Crippen LogP contribution in [0.1, 0.15) is 25.2 Å². The molecule has 0 saturated heterocycles. The molecule has 6 heteroatoms. The monoisotopic (exact) mass is 288 g/mol. The largest absolute Gasteiger partial charge is 0.339 e. The van der Waals surface area contributed by atoms with E-state index in [4.69, 9.17) is 10.3 Å². The van der Waals surface area contributed by atoms with Gasteiger partial charge in [-0.05, 0) is 36.9 Å². The second kappa shape index (κ2) is 6.11. The van der Waals surface area contributed by atoms with E-state index in [-0.39, 0.29) is 0 Å². The minimum Gasteiger partial charge on any atom is -0.339 e. The van der Waals surface area contributed by atoms with Gasteiger partial charge in [-0.2, -0.15) is 4.98 Å². The highest BCUT2D eigenvalue weighted by Gasteiger charge is 2.10. The molecule has 20 heavy (non-hydrogen) atoms. The Labute approximate surface area is 120 Å². The first-order valence-electron chi connectivity index (χ1n) is 6.73. The van der Waals surface area contributed by atoms with Gasteiger partial charge in [-0.15, -0.1) is 11.3 Å². The quantitative estimate of drug-likeness (QED) is 0.705. The van der Waals surface area contributed by atoms with E-state index >= 15 is 0 Å². The molecular formula is C14H16N4OS. The van der Waals surface area contributed by atoms with Gasteiger partial charge in [0.1, 0.15) is 0 Å². The van der Waals surface area contributed by atoms with Crippen LogP contribution in [0.2, 0.25) is 0 Å². The minimum atomic E-state index is 0.613. The Balaban J connectivity index is 1.72. The van der Waals surface area contributed by atoms with Crippen molar-refractivity contribution < 1.29 is 4.52 Å². The van der Waals surface area contributed by atoms with Crippen LogP contribution in [0.25, 0.3) is 21.6 Å². The van der Waals surface area contributed by atoms with Crippen molar-refractivity contribution in [2.24, 2.45) is 5.73 Å². The van der Waals surface area contributed by atoms with Gasteiger partial charge in [0.2, 0.25) is 11.7 Å². The summed E-state index contributed by atoms with van der Waals surface area (Å²) in [5.74, 6) is 1.30. The van der Waals surface area contributed by atoms with E-state index in [2.05, 4.69) is 21.2 Å². The maximum Gasteiger partial charge on any atom is 0.226 e. The first-order valence-corrected chi connectivity index (χ1v) is 7.61. The van der Waals surface area contributed by atoms with Crippen molar-refractivity contribution in [3.63, 3.8) is 0 Å². The standard InChI is InChI=1S/C14H16N4OS/c15-6-3-1-2-4-13-17-14(18-19-13)10-8-12-11(16-9-10)5-7-20-12/h5,7-9H,1-4,6,15H2. The molecule has 3 rings (SSSR count). The van der Waals surface area contributed by atoms with Gasteiger partial charge in [0.25, 0.3) is 0 Å². The summed E-state index contributed by atoms with van der Waals surface area (Å²) in [6, 6.07) is 4.05. The number of aromatic nitrogens is 3. The third-order valence-corrected chi connectivity index (χ3v) is 3.98. The van der Waals surface area contributed by atoms with E-state index in [1.54, 1.807) is 17.5 Å². The summed E-state index contributed by atoms with van der Waals surface area (Å²) >= 11 is 1.66. The molecule has 3 aromatic rings. The van der Waals surface area contributed by atoms with E-state index in [1.807, 2.05) is 11.4 Å². The molecule has 0 radical (unpaired) electrons. The van der Waals surface area contributed by atoms with E-state index < -0.39 is 0 Å². The van der Waals surface area contributed by atoms with Crippen molar-refractivity contribution in [1.29, 1.82) is 0 Å². The lowest BCUT2D eigenvalue weighted by atomic mass is 10.2. The number of rotatable bonds is 6. The SMILES string of the molecule is NCCCCCc1nc(-c2cnc3ccsc3c2)no1. The van der Waals surface area contributed by atoms with Crippen LogP contribution in [0.5, 0.6) is 0 Å². The molecule has 0 aliphatic heterocycles. The lowest BCUT2D eigenvalue weighted by Crippen LogP contribution is -1.98. The van der Waals surface area contributed by atoms with Gasteiger partial charge < -0.3 is 10.3 Å². The fourth-order valence-corrected chi connectivity index (χ4v) is 2.82. The van der Waals surface area contributed by atoms with Crippen LogP contribution in [0.15, 0.2) is 28.2 Å². The molecule has 0 saturated carbocycles. The summed E-state index contributed by atoms with van der Waals surface area (Å²) in [5, 5.41) is 6.06. The highest BCUT2D eigenvalue weighted by molar-refractivity contribution is 7.17. The van der Waals surface area contributed by atoms with Crippen LogP contribution in [-0.2, 0) is 6.42 Å². The normalized spacial score (nSPS) is 11.2. The minimum absolute atomic E-state index is 0.613. The topological polar surface area (TPSA) is 77.8 Å². The summed E-state index contributed by atoms with van der Waals surface area (Å²) in [6.45, 7) is 0.738. The molecule has 3 heterocycles. The maximum absolute atomic E-state index is 5.47. The van der Waals surface area contributed by atoms with Gasteiger partial charge in [-0.25, -0.2) is 0 Å². The molecule has 0 aromatic carbocycles. The Morgan fingerprint density at radius 2 is 2.20 bits per heavy atom. The molecule has 0 unspecified atom stereocenters. The number of pyridine rings is 1. The Hall–Kier alpha value is -1.79. The smallest absolute Gasteiger partial charge is 0.226 e. The predicted molar refractivity (Wildman–Crippen MR) is 79.5 cm³/mol. The van der Waals surface area contributed by atoms with Gasteiger partial charge in [0.05, 0.1) is 10.2 Å². The molecule has 0 amide bonds. The van der Waals surface area contributed by atoms with Crippen molar-refractivity contribution in [3.05, 3.63) is 29.6 Å². The Kier molecular flexibility index (Phi) is 4.03. The van der Waals surface area contributed by atoms with Crippen molar-refractivity contribution in [3.8, 4) is 11.4 Å². The zero-order valence-electron chi connectivity index (χ0n) is 11.1. The average molecular weight is 288 g/mol.